The first-order valence-electron chi connectivity index (χ1n) is 4.18. The number of ether oxygens (including phenoxy) is 1. The maximum absolute atomic E-state index is 11.2. The lowest BCUT2D eigenvalue weighted by atomic mass is 10.2. The highest BCUT2D eigenvalue weighted by atomic mass is 16.7. The van der Waals surface area contributed by atoms with Gasteiger partial charge in [0.25, 0.3) is 0 Å². The highest BCUT2D eigenvalue weighted by molar-refractivity contribution is 5.76. The van der Waals surface area contributed by atoms with Crippen LogP contribution in [0.25, 0.3) is 0 Å². The molecule has 0 aromatic heterocycles. The number of hydrogen-bond donors (Lipinski definition) is 0. The molecule has 0 bridgehead atoms. The maximum atomic E-state index is 11.2. The molecule has 74 valence electrons. The Balaban J connectivity index is 2.53. The molecule has 13 heavy (non-hydrogen) atoms. The van der Waals surface area contributed by atoms with Gasteiger partial charge in [-0.15, -0.1) is 5.06 Å². The second-order valence-corrected chi connectivity index (χ2v) is 2.90. The molecule has 1 atom stereocenters. The minimum Gasteiger partial charge on any atom is -0.468 e. The van der Waals surface area contributed by atoms with Crippen molar-refractivity contribution in [3.8, 4) is 0 Å². The molecule has 1 saturated heterocycles. The predicted molar refractivity (Wildman–Crippen MR) is 43.5 cm³/mol. The van der Waals surface area contributed by atoms with Crippen LogP contribution in [0.5, 0.6) is 0 Å². The summed E-state index contributed by atoms with van der Waals surface area (Å²) < 4.78 is 4.57. The second-order valence-electron chi connectivity index (χ2n) is 2.90. The van der Waals surface area contributed by atoms with Gasteiger partial charge in [-0.25, -0.2) is 0 Å². The SMILES string of the molecule is COC(=O)[C@@H]1CCCN1OC(C)=O. The first-order valence-corrected chi connectivity index (χ1v) is 4.18. The zero-order valence-corrected chi connectivity index (χ0v) is 7.78. The molecule has 0 aromatic rings. The monoisotopic (exact) mass is 187 g/mol. The van der Waals surface area contributed by atoms with Crippen LogP contribution in [0.15, 0.2) is 0 Å². The number of hydrogen-bond acceptors (Lipinski definition) is 5. The lowest BCUT2D eigenvalue weighted by Gasteiger charge is -2.19. The third-order valence-electron chi connectivity index (χ3n) is 1.92. The molecule has 5 heteroatoms. The Labute approximate surface area is 76.6 Å². The molecular weight excluding hydrogens is 174 g/mol. The minimum atomic E-state index is -0.422. The van der Waals surface area contributed by atoms with Crippen LogP contribution in [0.4, 0.5) is 0 Å². The van der Waals surface area contributed by atoms with E-state index in [0.717, 1.165) is 6.42 Å². The van der Waals surface area contributed by atoms with Crippen LogP contribution < -0.4 is 0 Å². The maximum Gasteiger partial charge on any atom is 0.326 e. The smallest absolute Gasteiger partial charge is 0.326 e. The lowest BCUT2D eigenvalue weighted by Crippen LogP contribution is -2.37. The van der Waals surface area contributed by atoms with E-state index in [0.29, 0.717) is 13.0 Å². The first-order chi connectivity index (χ1) is 6.15. The number of rotatable bonds is 2. The molecule has 0 N–H and O–H groups in total. The van der Waals surface area contributed by atoms with Gasteiger partial charge in [-0.3, -0.25) is 9.59 Å². The number of hydroxylamine groups is 2. The van der Waals surface area contributed by atoms with Crippen LogP contribution in [0.1, 0.15) is 19.8 Å². The minimum absolute atomic E-state index is 0.348. The molecule has 0 amide bonds. The zero-order chi connectivity index (χ0) is 9.84. The standard InChI is InChI=1S/C8H13NO4/c1-6(10)13-9-5-3-4-7(9)8(11)12-2/h7H,3-5H2,1-2H3/t7-/m0/s1. The molecule has 5 nitrogen and oxygen atoms in total. The van der Waals surface area contributed by atoms with E-state index in [1.54, 1.807) is 0 Å². The fraction of sp³-hybridized carbons (Fsp3) is 0.750. The molecule has 1 aliphatic rings. The van der Waals surface area contributed by atoms with Gasteiger partial charge in [-0.1, -0.05) is 0 Å². The highest BCUT2D eigenvalue weighted by Crippen LogP contribution is 2.18. The van der Waals surface area contributed by atoms with E-state index in [4.69, 9.17) is 4.84 Å². The zero-order valence-electron chi connectivity index (χ0n) is 7.78. The summed E-state index contributed by atoms with van der Waals surface area (Å²) in [5, 5.41) is 1.38. The largest absolute Gasteiger partial charge is 0.468 e. The van der Waals surface area contributed by atoms with Crippen molar-refractivity contribution in [2.24, 2.45) is 0 Å². The molecule has 0 spiro atoms. The summed E-state index contributed by atoms with van der Waals surface area (Å²) in [6.45, 7) is 1.91. The molecular formula is C8H13NO4. The van der Waals surface area contributed by atoms with Crippen molar-refractivity contribution in [1.29, 1.82) is 0 Å². The van der Waals surface area contributed by atoms with Crippen LogP contribution in [-0.2, 0) is 19.2 Å². The average molecular weight is 187 g/mol. The Kier molecular flexibility index (Phi) is 3.25. The number of nitrogens with zero attached hydrogens (tertiary/aromatic N) is 1. The Hall–Kier alpha value is -1.10. The van der Waals surface area contributed by atoms with Crippen molar-refractivity contribution < 1.29 is 19.2 Å². The third kappa shape index (κ3) is 2.42. The second kappa shape index (κ2) is 4.23. The van der Waals surface area contributed by atoms with E-state index in [1.165, 1.54) is 19.1 Å². The van der Waals surface area contributed by atoms with Gasteiger partial charge in [0.15, 0.2) is 0 Å². The van der Waals surface area contributed by atoms with Crippen LogP contribution in [-0.4, -0.2) is 36.7 Å². The van der Waals surface area contributed by atoms with E-state index in [1.807, 2.05) is 0 Å². The summed E-state index contributed by atoms with van der Waals surface area (Å²) in [6, 6.07) is -0.422. The molecule has 1 fully saturated rings. The Bertz CT molecular complexity index is 216. The summed E-state index contributed by atoms with van der Waals surface area (Å²) in [7, 11) is 1.33. The molecule has 1 aliphatic heterocycles. The van der Waals surface area contributed by atoms with Gasteiger partial charge in [0.05, 0.1) is 7.11 Å². The van der Waals surface area contributed by atoms with Crippen molar-refractivity contribution in [3.63, 3.8) is 0 Å². The quantitative estimate of drug-likeness (QED) is 0.574. The van der Waals surface area contributed by atoms with Crippen molar-refractivity contribution in [2.45, 2.75) is 25.8 Å². The number of carbonyl (C=O) groups is 2. The summed E-state index contributed by atoms with van der Waals surface area (Å²) in [6.07, 6.45) is 1.52. The number of methoxy groups -OCH3 is 1. The van der Waals surface area contributed by atoms with Gasteiger partial charge in [-0.05, 0) is 12.8 Å². The molecule has 0 aliphatic carbocycles. The van der Waals surface area contributed by atoms with E-state index in [2.05, 4.69) is 4.74 Å². The Morgan fingerprint density at radius 1 is 1.46 bits per heavy atom. The number of carbonyl (C=O) groups excluding carboxylic acids is 2. The van der Waals surface area contributed by atoms with Crippen LogP contribution in [0.3, 0.4) is 0 Å². The van der Waals surface area contributed by atoms with Crippen molar-refractivity contribution in [3.05, 3.63) is 0 Å². The molecule has 0 saturated carbocycles. The summed E-state index contributed by atoms with van der Waals surface area (Å²) in [5.74, 6) is -0.755. The fourth-order valence-corrected chi connectivity index (χ4v) is 1.39. The summed E-state index contributed by atoms with van der Waals surface area (Å²) in [5.41, 5.74) is 0. The fourth-order valence-electron chi connectivity index (χ4n) is 1.39. The molecule has 0 aromatic carbocycles. The van der Waals surface area contributed by atoms with Gasteiger partial charge in [0, 0.05) is 13.5 Å². The van der Waals surface area contributed by atoms with Gasteiger partial charge in [0.1, 0.15) is 6.04 Å². The third-order valence-corrected chi connectivity index (χ3v) is 1.92. The van der Waals surface area contributed by atoms with E-state index in [-0.39, 0.29) is 5.97 Å². The van der Waals surface area contributed by atoms with Crippen LogP contribution in [0, 0.1) is 0 Å². The van der Waals surface area contributed by atoms with E-state index < -0.39 is 12.0 Å². The van der Waals surface area contributed by atoms with Crippen molar-refractivity contribution in [1.82, 2.24) is 5.06 Å². The molecule has 1 rings (SSSR count). The number of esters is 1. The highest BCUT2D eigenvalue weighted by Gasteiger charge is 2.33. The van der Waals surface area contributed by atoms with E-state index in [9.17, 15) is 9.59 Å². The van der Waals surface area contributed by atoms with E-state index >= 15 is 0 Å². The van der Waals surface area contributed by atoms with Gasteiger partial charge < -0.3 is 9.57 Å². The molecule has 0 radical (unpaired) electrons. The molecule has 1 heterocycles. The summed E-state index contributed by atoms with van der Waals surface area (Å²) in [4.78, 5) is 26.6. The normalized spacial score (nSPS) is 22.8. The van der Waals surface area contributed by atoms with Crippen LogP contribution >= 0.6 is 0 Å². The molecule has 0 unspecified atom stereocenters. The topological polar surface area (TPSA) is 55.8 Å². The lowest BCUT2D eigenvalue weighted by molar-refractivity contribution is -0.197. The van der Waals surface area contributed by atoms with Crippen molar-refractivity contribution in [2.75, 3.05) is 13.7 Å². The summed E-state index contributed by atoms with van der Waals surface area (Å²) >= 11 is 0. The average Bonchev–Trinajstić information content (AvgIpc) is 2.50. The Morgan fingerprint density at radius 3 is 2.69 bits per heavy atom. The van der Waals surface area contributed by atoms with Gasteiger partial charge in [-0.2, -0.15) is 0 Å². The predicted octanol–water partition coefficient (Wildman–Crippen LogP) is 0.102. The van der Waals surface area contributed by atoms with Gasteiger partial charge in [0.2, 0.25) is 0 Å². The first kappa shape index (κ1) is 9.98. The van der Waals surface area contributed by atoms with Crippen molar-refractivity contribution >= 4 is 11.9 Å². The van der Waals surface area contributed by atoms with Gasteiger partial charge >= 0.3 is 11.9 Å². The Morgan fingerprint density at radius 2 is 2.15 bits per heavy atom. The van der Waals surface area contributed by atoms with Crippen LogP contribution in [0.2, 0.25) is 0 Å².